The summed E-state index contributed by atoms with van der Waals surface area (Å²) in [4.78, 5) is 12.4. The van der Waals surface area contributed by atoms with Gasteiger partial charge in [0.05, 0.1) is 17.0 Å². The number of amides is 1. The summed E-state index contributed by atoms with van der Waals surface area (Å²) >= 11 is 12.0. The lowest BCUT2D eigenvalue weighted by Gasteiger charge is -2.30. The van der Waals surface area contributed by atoms with Crippen LogP contribution >= 0.6 is 23.2 Å². The van der Waals surface area contributed by atoms with E-state index < -0.39 is 22.0 Å². The Morgan fingerprint density at radius 2 is 1.74 bits per heavy atom. The van der Waals surface area contributed by atoms with Gasteiger partial charge in [-0.2, -0.15) is 0 Å². The predicted octanol–water partition coefficient (Wildman–Crippen LogP) is 3.31. The van der Waals surface area contributed by atoms with Crippen LogP contribution in [0.1, 0.15) is 27.7 Å². The summed E-state index contributed by atoms with van der Waals surface area (Å²) in [5, 5.41) is 3.35. The fourth-order valence-electron chi connectivity index (χ4n) is 1.95. The van der Waals surface area contributed by atoms with Gasteiger partial charge >= 0.3 is 0 Å². The number of carbonyl (C=O) groups is 1. The lowest BCUT2D eigenvalue weighted by molar-refractivity contribution is -0.122. The number of hydrogen-bond donors (Lipinski definition) is 1. The topological polar surface area (TPSA) is 66.5 Å². The Kier molecular flexibility index (Phi) is 6.74. The molecule has 0 aliphatic carbocycles. The fourth-order valence-corrected chi connectivity index (χ4v) is 3.55. The van der Waals surface area contributed by atoms with Crippen LogP contribution < -0.4 is 9.62 Å². The van der Waals surface area contributed by atoms with E-state index in [2.05, 4.69) is 5.32 Å². The van der Waals surface area contributed by atoms with Crippen molar-refractivity contribution in [3.05, 3.63) is 28.2 Å². The van der Waals surface area contributed by atoms with Crippen LogP contribution in [0.3, 0.4) is 0 Å². The second kappa shape index (κ2) is 7.73. The van der Waals surface area contributed by atoms with Crippen LogP contribution in [-0.2, 0) is 14.8 Å². The summed E-state index contributed by atoms with van der Waals surface area (Å²) in [5.74, 6) is -0.166. The molecule has 1 aromatic rings. The quantitative estimate of drug-likeness (QED) is 0.822. The van der Waals surface area contributed by atoms with E-state index in [1.165, 1.54) is 19.1 Å². The monoisotopic (exact) mass is 380 g/mol. The highest BCUT2D eigenvalue weighted by atomic mass is 35.5. The molecule has 2 atom stereocenters. The Morgan fingerprint density at radius 1 is 1.17 bits per heavy atom. The molecule has 0 unspecified atom stereocenters. The number of halogens is 2. The van der Waals surface area contributed by atoms with E-state index in [-0.39, 0.29) is 22.7 Å². The second-order valence-corrected chi connectivity index (χ2v) is 8.57. The smallest absolute Gasteiger partial charge is 0.243 e. The molecule has 0 aromatic heterocycles. The highest BCUT2D eigenvalue weighted by Crippen LogP contribution is 2.32. The molecule has 1 amide bonds. The van der Waals surface area contributed by atoms with Crippen LogP contribution in [0.4, 0.5) is 5.69 Å². The third kappa shape index (κ3) is 5.26. The number of nitrogens with zero attached hydrogens (tertiary/aromatic N) is 1. The van der Waals surface area contributed by atoms with Gasteiger partial charge in [-0.25, -0.2) is 8.42 Å². The first kappa shape index (κ1) is 20.1. The van der Waals surface area contributed by atoms with E-state index in [4.69, 9.17) is 23.2 Å². The van der Waals surface area contributed by atoms with Crippen LogP contribution in [0.2, 0.25) is 10.0 Å². The summed E-state index contributed by atoms with van der Waals surface area (Å²) in [6, 6.07) is 3.45. The molecule has 0 bridgehead atoms. The summed E-state index contributed by atoms with van der Waals surface area (Å²) in [5.41, 5.74) is 0.182. The summed E-state index contributed by atoms with van der Waals surface area (Å²) in [6.45, 7) is 7.32. The van der Waals surface area contributed by atoms with Gasteiger partial charge < -0.3 is 5.32 Å². The largest absolute Gasteiger partial charge is 0.352 e. The normalized spacial score (nSPS) is 14.4. The average Bonchev–Trinajstić information content (AvgIpc) is 2.40. The Labute approximate surface area is 148 Å². The van der Waals surface area contributed by atoms with Gasteiger partial charge in [-0.1, -0.05) is 37.0 Å². The van der Waals surface area contributed by atoms with Gasteiger partial charge in [0.15, 0.2) is 0 Å². The average molecular weight is 381 g/mol. The first-order valence-corrected chi connectivity index (χ1v) is 9.80. The third-order valence-electron chi connectivity index (χ3n) is 3.60. The number of sulfonamides is 1. The molecule has 0 saturated carbocycles. The SMILES string of the molecule is CC(C)[C@@H](C)NC(=O)[C@H](C)N(c1cc(Cl)ccc1Cl)S(C)(=O)=O. The van der Waals surface area contributed by atoms with Gasteiger partial charge in [0.1, 0.15) is 6.04 Å². The van der Waals surface area contributed by atoms with E-state index in [9.17, 15) is 13.2 Å². The predicted molar refractivity (Wildman–Crippen MR) is 95.7 cm³/mol. The molecule has 23 heavy (non-hydrogen) atoms. The number of benzene rings is 1. The highest BCUT2D eigenvalue weighted by Gasteiger charge is 2.31. The van der Waals surface area contributed by atoms with Gasteiger partial charge in [0, 0.05) is 11.1 Å². The third-order valence-corrected chi connectivity index (χ3v) is 5.39. The maximum absolute atomic E-state index is 12.4. The van der Waals surface area contributed by atoms with Crippen LogP contribution in [0.5, 0.6) is 0 Å². The zero-order valence-electron chi connectivity index (χ0n) is 13.8. The van der Waals surface area contributed by atoms with E-state index >= 15 is 0 Å². The Hall–Kier alpha value is -0.980. The Morgan fingerprint density at radius 3 is 2.22 bits per heavy atom. The van der Waals surface area contributed by atoms with Gasteiger partial charge in [-0.05, 0) is 38.0 Å². The molecule has 1 N–H and O–H groups in total. The summed E-state index contributed by atoms with van der Waals surface area (Å²) in [7, 11) is -3.73. The van der Waals surface area contributed by atoms with Crippen LogP contribution in [0.25, 0.3) is 0 Å². The van der Waals surface area contributed by atoms with Gasteiger partial charge in [-0.3, -0.25) is 9.10 Å². The number of anilines is 1. The molecule has 1 aromatic carbocycles. The van der Waals surface area contributed by atoms with Crippen molar-refractivity contribution in [2.45, 2.75) is 39.8 Å². The van der Waals surface area contributed by atoms with E-state index in [1.54, 1.807) is 6.07 Å². The zero-order chi connectivity index (χ0) is 17.9. The fraction of sp³-hybridized carbons (Fsp3) is 0.533. The molecule has 0 fully saturated rings. The zero-order valence-corrected chi connectivity index (χ0v) is 16.1. The van der Waals surface area contributed by atoms with Crippen molar-refractivity contribution in [2.24, 2.45) is 5.92 Å². The maximum atomic E-state index is 12.4. The first-order valence-electron chi connectivity index (χ1n) is 7.20. The second-order valence-electron chi connectivity index (χ2n) is 5.87. The van der Waals surface area contributed by atoms with E-state index in [1.807, 2.05) is 20.8 Å². The summed E-state index contributed by atoms with van der Waals surface area (Å²) in [6.07, 6.45) is 1.03. The summed E-state index contributed by atoms with van der Waals surface area (Å²) < 4.78 is 25.4. The number of rotatable bonds is 6. The Balaban J connectivity index is 3.23. The first-order chi connectivity index (χ1) is 10.4. The van der Waals surface area contributed by atoms with Crippen molar-refractivity contribution in [3.63, 3.8) is 0 Å². The molecular weight excluding hydrogens is 359 g/mol. The van der Waals surface area contributed by atoms with Gasteiger partial charge in [0.2, 0.25) is 15.9 Å². The van der Waals surface area contributed by atoms with Crippen molar-refractivity contribution in [1.82, 2.24) is 5.32 Å². The van der Waals surface area contributed by atoms with Crippen LogP contribution in [0.15, 0.2) is 18.2 Å². The molecule has 0 aliphatic heterocycles. The molecular formula is C15H22Cl2N2O3S. The van der Waals surface area contributed by atoms with Crippen LogP contribution in [-0.4, -0.2) is 32.7 Å². The van der Waals surface area contributed by atoms with Crippen molar-refractivity contribution in [1.29, 1.82) is 0 Å². The number of carbonyl (C=O) groups excluding carboxylic acids is 1. The Bertz CT molecular complexity index is 677. The number of hydrogen-bond acceptors (Lipinski definition) is 3. The lowest BCUT2D eigenvalue weighted by Crippen LogP contribution is -2.50. The van der Waals surface area contributed by atoms with Crippen molar-refractivity contribution < 1.29 is 13.2 Å². The minimum atomic E-state index is -3.73. The number of nitrogens with one attached hydrogen (secondary N) is 1. The molecule has 0 spiro atoms. The van der Waals surface area contributed by atoms with Crippen molar-refractivity contribution in [3.8, 4) is 0 Å². The van der Waals surface area contributed by atoms with Crippen LogP contribution in [0, 0.1) is 5.92 Å². The minimum Gasteiger partial charge on any atom is -0.352 e. The van der Waals surface area contributed by atoms with Gasteiger partial charge in [-0.15, -0.1) is 0 Å². The lowest BCUT2D eigenvalue weighted by atomic mass is 10.1. The molecule has 5 nitrogen and oxygen atoms in total. The minimum absolute atomic E-state index is 0.0822. The van der Waals surface area contributed by atoms with Crippen molar-refractivity contribution >= 4 is 44.8 Å². The van der Waals surface area contributed by atoms with Gasteiger partial charge in [0.25, 0.3) is 0 Å². The molecule has 0 saturated heterocycles. The molecule has 130 valence electrons. The highest BCUT2D eigenvalue weighted by molar-refractivity contribution is 7.92. The van der Waals surface area contributed by atoms with Crippen molar-refractivity contribution in [2.75, 3.05) is 10.6 Å². The molecule has 8 heteroatoms. The van der Waals surface area contributed by atoms with E-state index in [0.29, 0.717) is 5.02 Å². The molecule has 0 radical (unpaired) electrons. The maximum Gasteiger partial charge on any atom is 0.243 e. The van der Waals surface area contributed by atoms with E-state index in [0.717, 1.165) is 10.6 Å². The molecule has 0 heterocycles. The molecule has 0 aliphatic rings. The molecule has 1 rings (SSSR count). The standard InChI is InChI=1S/C15H22Cl2N2O3S/c1-9(2)10(3)18-15(20)11(4)19(23(5,21)22)14-8-12(16)6-7-13(14)17/h6-11H,1-5H3,(H,18,20)/t10-,11+/m1/s1.